The van der Waals surface area contributed by atoms with Gasteiger partial charge in [0.1, 0.15) is 0 Å². The highest BCUT2D eigenvalue weighted by Gasteiger charge is 2.29. The topological polar surface area (TPSA) is 108 Å². The van der Waals surface area contributed by atoms with Crippen molar-refractivity contribution in [2.24, 2.45) is 0 Å². The fraction of sp³-hybridized carbons (Fsp3) is 0.529. The molecule has 8 nitrogen and oxygen atoms in total. The number of sulfone groups is 1. The van der Waals surface area contributed by atoms with Gasteiger partial charge in [0.05, 0.1) is 30.3 Å². The van der Waals surface area contributed by atoms with E-state index in [1.54, 1.807) is 6.07 Å². The number of ether oxygens (including phenoxy) is 3. The Morgan fingerprint density at radius 1 is 1.27 bits per heavy atom. The summed E-state index contributed by atoms with van der Waals surface area (Å²) in [4.78, 5) is 23.9. The number of amides is 1. The molecule has 1 aromatic carbocycles. The summed E-state index contributed by atoms with van der Waals surface area (Å²) in [6.45, 7) is 3.26. The molecule has 1 aliphatic heterocycles. The smallest absolute Gasteiger partial charge is 0.338 e. The van der Waals surface area contributed by atoms with Gasteiger partial charge in [0.2, 0.25) is 0 Å². The van der Waals surface area contributed by atoms with Crippen LogP contribution >= 0.6 is 0 Å². The molecule has 1 saturated heterocycles. The molecule has 1 fully saturated rings. The van der Waals surface area contributed by atoms with E-state index >= 15 is 0 Å². The van der Waals surface area contributed by atoms with Gasteiger partial charge in [-0.15, -0.1) is 0 Å². The fourth-order valence-corrected chi connectivity index (χ4v) is 4.21. The zero-order valence-electron chi connectivity index (χ0n) is 15.0. The van der Waals surface area contributed by atoms with Crippen molar-refractivity contribution >= 4 is 21.7 Å². The quantitative estimate of drug-likeness (QED) is 0.696. The average Bonchev–Trinajstić information content (AvgIpc) is 2.91. The standard InChI is InChI=1S/C17H23NO7S/c1-11(2)25-14-5-4-12(8-15(14)23-3)17(20)24-9-16(19)18-13-6-7-26(21,22)10-13/h4-5,8,11,13H,6-7,9-10H2,1-3H3,(H,18,19). The Morgan fingerprint density at radius 3 is 2.58 bits per heavy atom. The molecule has 144 valence electrons. The normalized spacial score (nSPS) is 18.4. The van der Waals surface area contributed by atoms with Crippen LogP contribution in [0.3, 0.4) is 0 Å². The van der Waals surface area contributed by atoms with Gasteiger partial charge in [0.15, 0.2) is 27.9 Å². The molecule has 1 heterocycles. The van der Waals surface area contributed by atoms with Crippen LogP contribution in [-0.4, -0.2) is 57.7 Å². The molecule has 0 radical (unpaired) electrons. The van der Waals surface area contributed by atoms with Gasteiger partial charge < -0.3 is 19.5 Å². The van der Waals surface area contributed by atoms with Crippen LogP contribution in [0.5, 0.6) is 11.5 Å². The van der Waals surface area contributed by atoms with Crippen LogP contribution in [-0.2, 0) is 19.4 Å². The first-order chi connectivity index (χ1) is 12.2. The van der Waals surface area contributed by atoms with E-state index in [-0.39, 0.29) is 23.2 Å². The Bertz CT molecular complexity index is 773. The Balaban J connectivity index is 1.90. The van der Waals surface area contributed by atoms with Crippen molar-refractivity contribution in [3.63, 3.8) is 0 Å². The second kappa shape index (κ2) is 8.39. The van der Waals surface area contributed by atoms with Crippen molar-refractivity contribution in [3.8, 4) is 11.5 Å². The summed E-state index contributed by atoms with van der Waals surface area (Å²) < 4.78 is 38.5. The highest BCUT2D eigenvalue weighted by Crippen LogP contribution is 2.29. The summed E-state index contributed by atoms with van der Waals surface area (Å²) in [5.41, 5.74) is 0.217. The lowest BCUT2D eigenvalue weighted by atomic mass is 10.2. The van der Waals surface area contributed by atoms with Gasteiger partial charge in [-0.05, 0) is 38.5 Å². The van der Waals surface area contributed by atoms with Gasteiger partial charge in [-0.3, -0.25) is 4.79 Å². The molecule has 0 bridgehead atoms. The van der Waals surface area contributed by atoms with E-state index in [1.807, 2.05) is 13.8 Å². The summed E-state index contributed by atoms with van der Waals surface area (Å²) in [5, 5.41) is 2.55. The van der Waals surface area contributed by atoms with Crippen molar-refractivity contribution in [2.75, 3.05) is 25.2 Å². The van der Waals surface area contributed by atoms with Crippen molar-refractivity contribution in [3.05, 3.63) is 23.8 Å². The second-order valence-corrected chi connectivity index (χ2v) is 8.50. The molecule has 0 saturated carbocycles. The number of methoxy groups -OCH3 is 1. The number of nitrogens with one attached hydrogen (secondary N) is 1. The van der Waals surface area contributed by atoms with Crippen molar-refractivity contribution < 1.29 is 32.2 Å². The Labute approximate surface area is 152 Å². The van der Waals surface area contributed by atoms with Gasteiger partial charge in [0, 0.05) is 6.04 Å². The lowest BCUT2D eigenvalue weighted by molar-refractivity contribution is -0.124. The average molecular weight is 385 g/mol. The minimum absolute atomic E-state index is 0.0511. The van der Waals surface area contributed by atoms with E-state index in [4.69, 9.17) is 14.2 Å². The Morgan fingerprint density at radius 2 is 2.00 bits per heavy atom. The molecule has 1 amide bonds. The number of carbonyl (C=O) groups excluding carboxylic acids is 2. The van der Waals surface area contributed by atoms with Crippen LogP contribution in [0, 0.1) is 0 Å². The number of carbonyl (C=O) groups is 2. The SMILES string of the molecule is COc1cc(C(=O)OCC(=O)NC2CCS(=O)(=O)C2)ccc1OC(C)C. The highest BCUT2D eigenvalue weighted by atomic mass is 32.2. The maximum atomic E-state index is 12.1. The summed E-state index contributed by atoms with van der Waals surface area (Å²) in [5.74, 6) is -0.363. The van der Waals surface area contributed by atoms with Gasteiger partial charge in [-0.25, -0.2) is 13.2 Å². The van der Waals surface area contributed by atoms with Crippen molar-refractivity contribution in [2.45, 2.75) is 32.4 Å². The lowest BCUT2D eigenvalue weighted by Crippen LogP contribution is -2.38. The van der Waals surface area contributed by atoms with Crippen LogP contribution in [0.15, 0.2) is 18.2 Å². The molecule has 1 unspecified atom stereocenters. The monoisotopic (exact) mass is 385 g/mol. The molecule has 0 aliphatic carbocycles. The Hall–Kier alpha value is -2.29. The zero-order valence-corrected chi connectivity index (χ0v) is 15.8. The minimum atomic E-state index is -3.08. The molecule has 26 heavy (non-hydrogen) atoms. The predicted octanol–water partition coefficient (Wildman–Crippen LogP) is 0.943. The number of hydrogen-bond acceptors (Lipinski definition) is 7. The third kappa shape index (κ3) is 5.62. The molecule has 1 N–H and O–H groups in total. The van der Waals surface area contributed by atoms with Gasteiger partial charge >= 0.3 is 5.97 Å². The number of benzene rings is 1. The zero-order chi connectivity index (χ0) is 19.3. The van der Waals surface area contributed by atoms with Crippen molar-refractivity contribution in [1.82, 2.24) is 5.32 Å². The van der Waals surface area contributed by atoms with Crippen molar-refractivity contribution in [1.29, 1.82) is 0 Å². The first-order valence-corrected chi connectivity index (χ1v) is 10.0. The van der Waals surface area contributed by atoms with Gasteiger partial charge in [-0.1, -0.05) is 0 Å². The fourth-order valence-electron chi connectivity index (χ4n) is 2.54. The largest absolute Gasteiger partial charge is 0.493 e. The molecular formula is C17H23NO7S. The van der Waals surface area contributed by atoms with E-state index in [9.17, 15) is 18.0 Å². The van der Waals surface area contributed by atoms with E-state index in [0.29, 0.717) is 17.9 Å². The van der Waals surface area contributed by atoms with Crippen LogP contribution in [0.1, 0.15) is 30.6 Å². The third-order valence-electron chi connectivity index (χ3n) is 3.69. The van der Waals surface area contributed by atoms with Crippen LogP contribution in [0.4, 0.5) is 0 Å². The highest BCUT2D eigenvalue weighted by molar-refractivity contribution is 7.91. The van der Waals surface area contributed by atoms with E-state index in [2.05, 4.69) is 5.32 Å². The molecule has 0 aromatic heterocycles. The Kier molecular flexibility index (Phi) is 6.47. The number of esters is 1. The van der Waals surface area contributed by atoms with E-state index in [1.165, 1.54) is 19.2 Å². The van der Waals surface area contributed by atoms with Crippen LogP contribution in [0.25, 0.3) is 0 Å². The molecule has 1 aliphatic rings. The first kappa shape index (κ1) is 20.0. The van der Waals surface area contributed by atoms with Gasteiger partial charge in [0.25, 0.3) is 5.91 Å². The first-order valence-electron chi connectivity index (χ1n) is 8.22. The third-order valence-corrected chi connectivity index (χ3v) is 5.46. The molecule has 0 spiro atoms. The van der Waals surface area contributed by atoms with Crippen LogP contribution < -0.4 is 14.8 Å². The summed E-state index contributed by atoms with van der Waals surface area (Å²) in [6.07, 6.45) is 0.320. The van der Waals surface area contributed by atoms with E-state index < -0.39 is 34.4 Å². The summed E-state index contributed by atoms with van der Waals surface area (Å²) in [7, 11) is -1.63. The lowest BCUT2D eigenvalue weighted by Gasteiger charge is -2.14. The molecule has 2 rings (SSSR count). The second-order valence-electron chi connectivity index (χ2n) is 6.28. The van der Waals surface area contributed by atoms with Crippen LogP contribution in [0.2, 0.25) is 0 Å². The summed E-state index contributed by atoms with van der Waals surface area (Å²) in [6, 6.07) is 4.16. The maximum absolute atomic E-state index is 12.1. The number of hydrogen-bond donors (Lipinski definition) is 1. The van der Waals surface area contributed by atoms with Gasteiger partial charge in [-0.2, -0.15) is 0 Å². The molecule has 1 atom stereocenters. The van der Waals surface area contributed by atoms with E-state index in [0.717, 1.165) is 0 Å². The predicted molar refractivity (Wildman–Crippen MR) is 94.2 cm³/mol. The molecule has 9 heteroatoms. The molecule has 1 aromatic rings. The number of rotatable bonds is 7. The minimum Gasteiger partial charge on any atom is -0.493 e. The molecular weight excluding hydrogens is 362 g/mol. The summed E-state index contributed by atoms with van der Waals surface area (Å²) >= 11 is 0. The maximum Gasteiger partial charge on any atom is 0.338 e.